The molecule has 0 saturated carbocycles. The highest BCUT2D eigenvalue weighted by Crippen LogP contribution is 2.04. The van der Waals surface area contributed by atoms with Crippen molar-refractivity contribution >= 4 is 12.0 Å². The van der Waals surface area contributed by atoms with Gasteiger partial charge in [0.1, 0.15) is 0 Å². The molecule has 76 valence electrons. The van der Waals surface area contributed by atoms with E-state index in [0.717, 1.165) is 0 Å². The molecular formula is C12H12N2O. The molecule has 0 bridgehead atoms. The molecule has 0 spiro atoms. The van der Waals surface area contributed by atoms with E-state index in [0.29, 0.717) is 11.1 Å². The zero-order valence-corrected chi connectivity index (χ0v) is 8.77. The fourth-order valence-electron chi connectivity index (χ4n) is 1.03. The van der Waals surface area contributed by atoms with Gasteiger partial charge in [0.25, 0.3) is 0 Å². The number of ketones is 1. The maximum atomic E-state index is 11.6. The molecule has 0 aliphatic rings. The van der Waals surface area contributed by atoms with Crippen molar-refractivity contribution in [2.45, 2.75) is 19.9 Å². The molecule has 15 heavy (non-hydrogen) atoms. The number of rotatable bonds is 3. The van der Waals surface area contributed by atoms with Crippen LogP contribution in [-0.4, -0.2) is 18.0 Å². The first-order valence-electron chi connectivity index (χ1n) is 4.71. The van der Waals surface area contributed by atoms with Crippen LogP contribution >= 0.6 is 0 Å². The van der Waals surface area contributed by atoms with Crippen LogP contribution in [0.3, 0.4) is 0 Å². The van der Waals surface area contributed by atoms with Crippen molar-refractivity contribution in [3.63, 3.8) is 0 Å². The van der Waals surface area contributed by atoms with Gasteiger partial charge in [0.15, 0.2) is 0 Å². The highest BCUT2D eigenvalue weighted by molar-refractivity contribution is 6.35. The van der Waals surface area contributed by atoms with Crippen LogP contribution in [0.25, 0.3) is 0 Å². The van der Waals surface area contributed by atoms with Gasteiger partial charge in [0, 0.05) is 11.6 Å². The molecule has 0 aliphatic heterocycles. The van der Waals surface area contributed by atoms with Gasteiger partial charge < -0.3 is 0 Å². The number of aliphatic imine (C=N–C) groups is 1. The SMILES string of the molecule is CC(C)/N=C/C(=O)c1cccc(C#N)c1. The first-order valence-corrected chi connectivity index (χ1v) is 4.71. The lowest BCUT2D eigenvalue weighted by Crippen LogP contribution is -2.02. The van der Waals surface area contributed by atoms with Gasteiger partial charge in [-0.1, -0.05) is 12.1 Å². The van der Waals surface area contributed by atoms with Crippen LogP contribution in [0.5, 0.6) is 0 Å². The van der Waals surface area contributed by atoms with Gasteiger partial charge in [0.2, 0.25) is 5.78 Å². The zero-order chi connectivity index (χ0) is 11.3. The number of Topliss-reactive ketones (excluding diaryl/α,β-unsaturated/α-hetero) is 1. The lowest BCUT2D eigenvalue weighted by molar-refractivity contribution is 0.107. The molecule has 3 nitrogen and oxygen atoms in total. The predicted octanol–water partition coefficient (Wildman–Crippen LogP) is 2.22. The molecule has 1 aromatic rings. The highest BCUT2D eigenvalue weighted by Gasteiger charge is 2.03. The lowest BCUT2D eigenvalue weighted by Gasteiger charge is -1.97. The van der Waals surface area contributed by atoms with E-state index in [9.17, 15) is 4.79 Å². The van der Waals surface area contributed by atoms with Crippen LogP contribution in [0, 0.1) is 11.3 Å². The second-order valence-electron chi connectivity index (χ2n) is 3.43. The molecule has 0 N–H and O–H groups in total. The zero-order valence-electron chi connectivity index (χ0n) is 8.77. The van der Waals surface area contributed by atoms with Crippen LogP contribution < -0.4 is 0 Å². The Bertz CT molecular complexity index is 427. The Morgan fingerprint density at radius 3 is 2.87 bits per heavy atom. The summed E-state index contributed by atoms with van der Waals surface area (Å²) in [5, 5.41) is 8.67. The van der Waals surface area contributed by atoms with E-state index in [1.54, 1.807) is 24.3 Å². The van der Waals surface area contributed by atoms with E-state index in [4.69, 9.17) is 5.26 Å². The van der Waals surface area contributed by atoms with Crippen molar-refractivity contribution in [1.82, 2.24) is 0 Å². The summed E-state index contributed by atoms with van der Waals surface area (Å²) in [4.78, 5) is 15.6. The average Bonchev–Trinajstić information content (AvgIpc) is 2.26. The number of carbonyl (C=O) groups excluding carboxylic acids is 1. The molecule has 0 unspecified atom stereocenters. The topological polar surface area (TPSA) is 53.2 Å². The molecule has 0 atom stereocenters. The number of carbonyl (C=O) groups is 1. The van der Waals surface area contributed by atoms with E-state index in [1.165, 1.54) is 6.21 Å². The molecule has 1 rings (SSSR count). The summed E-state index contributed by atoms with van der Waals surface area (Å²) in [6.07, 6.45) is 1.31. The second kappa shape index (κ2) is 5.06. The van der Waals surface area contributed by atoms with Crippen molar-refractivity contribution in [2.75, 3.05) is 0 Å². The largest absolute Gasteiger partial charge is 0.288 e. The number of nitrogens with zero attached hydrogens (tertiary/aromatic N) is 2. The molecule has 0 heterocycles. The van der Waals surface area contributed by atoms with Crippen molar-refractivity contribution in [3.8, 4) is 6.07 Å². The summed E-state index contributed by atoms with van der Waals surface area (Å²) in [5.41, 5.74) is 0.984. The van der Waals surface area contributed by atoms with Crippen LogP contribution in [0.4, 0.5) is 0 Å². The van der Waals surface area contributed by atoms with E-state index in [-0.39, 0.29) is 11.8 Å². The summed E-state index contributed by atoms with van der Waals surface area (Å²) in [7, 11) is 0. The smallest absolute Gasteiger partial charge is 0.203 e. The summed E-state index contributed by atoms with van der Waals surface area (Å²) in [5.74, 6) is -0.166. The lowest BCUT2D eigenvalue weighted by atomic mass is 10.1. The Morgan fingerprint density at radius 1 is 1.53 bits per heavy atom. The molecule has 0 fully saturated rings. The van der Waals surface area contributed by atoms with Crippen LogP contribution in [0.15, 0.2) is 29.3 Å². The van der Waals surface area contributed by atoms with Crippen molar-refractivity contribution in [2.24, 2.45) is 4.99 Å². The highest BCUT2D eigenvalue weighted by atomic mass is 16.1. The maximum absolute atomic E-state index is 11.6. The normalized spacial score (nSPS) is 10.5. The third-order valence-electron chi connectivity index (χ3n) is 1.77. The minimum absolute atomic E-state index is 0.105. The van der Waals surface area contributed by atoms with Gasteiger partial charge in [0.05, 0.1) is 17.8 Å². The molecular weight excluding hydrogens is 188 g/mol. The fourth-order valence-corrected chi connectivity index (χ4v) is 1.03. The Kier molecular flexibility index (Phi) is 3.75. The third kappa shape index (κ3) is 3.35. The van der Waals surface area contributed by atoms with E-state index in [2.05, 4.69) is 4.99 Å². The predicted molar refractivity (Wildman–Crippen MR) is 59.1 cm³/mol. The minimum Gasteiger partial charge on any atom is -0.288 e. The molecule has 0 aliphatic carbocycles. The number of hydrogen-bond acceptors (Lipinski definition) is 3. The van der Waals surface area contributed by atoms with Crippen molar-refractivity contribution < 1.29 is 4.79 Å². The molecule has 0 saturated heterocycles. The minimum atomic E-state index is -0.166. The van der Waals surface area contributed by atoms with Gasteiger partial charge in [-0.05, 0) is 26.0 Å². The molecule has 1 aromatic carbocycles. The summed E-state index contributed by atoms with van der Waals surface area (Å²) < 4.78 is 0. The van der Waals surface area contributed by atoms with Crippen molar-refractivity contribution in [3.05, 3.63) is 35.4 Å². The van der Waals surface area contributed by atoms with Gasteiger partial charge in [-0.3, -0.25) is 9.79 Å². The van der Waals surface area contributed by atoms with Gasteiger partial charge in [-0.2, -0.15) is 5.26 Å². The molecule has 0 aromatic heterocycles. The van der Waals surface area contributed by atoms with Crippen LogP contribution in [-0.2, 0) is 0 Å². The van der Waals surface area contributed by atoms with Crippen LogP contribution in [0.1, 0.15) is 29.8 Å². The monoisotopic (exact) mass is 200 g/mol. The summed E-state index contributed by atoms with van der Waals surface area (Å²) in [6, 6.07) is 8.69. The van der Waals surface area contributed by atoms with Gasteiger partial charge in [-0.15, -0.1) is 0 Å². The van der Waals surface area contributed by atoms with Gasteiger partial charge >= 0.3 is 0 Å². The Balaban J connectivity index is 2.88. The maximum Gasteiger partial charge on any atom is 0.203 e. The second-order valence-corrected chi connectivity index (χ2v) is 3.43. The van der Waals surface area contributed by atoms with E-state index >= 15 is 0 Å². The number of benzene rings is 1. The van der Waals surface area contributed by atoms with E-state index < -0.39 is 0 Å². The third-order valence-corrected chi connectivity index (χ3v) is 1.77. The average molecular weight is 200 g/mol. The van der Waals surface area contributed by atoms with Crippen molar-refractivity contribution in [1.29, 1.82) is 5.26 Å². The molecule has 3 heteroatoms. The fraction of sp³-hybridized carbons (Fsp3) is 0.250. The molecule has 0 amide bonds. The Labute approximate surface area is 89.1 Å². The van der Waals surface area contributed by atoms with Gasteiger partial charge in [-0.25, -0.2) is 0 Å². The summed E-state index contributed by atoms with van der Waals surface area (Å²) >= 11 is 0. The van der Waals surface area contributed by atoms with Crippen LogP contribution in [0.2, 0.25) is 0 Å². The first-order chi connectivity index (χ1) is 7.13. The first kappa shape index (κ1) is 11.1. The Hall–Kier alpha value is -1.95. The molecule has 0 radical (unpaired) electrons. The standard InChI is InChI=1S/C12H12N2O/c1-9(2)14-8-12(15)11-5-3-4-10(6-11)7-13/h3-6,8-9H,1-2H3/b14-8+. The quantitative estimate of drug-likeness (QED) is 0.555. The van der Waals surface area contributed by atoms with E-state index in [1.807, 2.05) is 19.9 Å². The summed E-state index contributed by atoms with van der Waals surface area (Å²) in [6.45, 7) is 3.80. The number of hydrogen-bond donors (Lipinski definition) is 0. The Morgan fingerprint density at radius 2 is 2.27 bits per heavy atom. The number of nitriles is 1.